The van der Waals surface area contributed by atoms with Gasteiger partial charge in [0.2, 0.25) is 5.82 Å². The average molecular weight is 316 g/mol. The zero-order valence-electron chi connectivity index (χ0n) is 13.3. The molecule has 0 aliphatic carbocycles. The lowest BCUT2D eigenvalue weighted by Crippen LogP contribution is -2.48. The topological polar surface area (TPSA) is 63.9 Å². The zero-order chi connectivity index (χ0) is 15.8. The van der Waals surface area contributed by atoms with Crippen LogP contribution in [0.15, 0.2) is 28.8 Å². The maximum Gasteiger partial charge on any atom is 0.324 e. The summed E-state index contributed by atoms with van der Waals surface area (Å²) in [6.07, 6.45) is 0.209. The Balaban J connectivity index is 1.54. The van der Waals surface area contributed by atoms with Gasteiger partial charge in [0.1, 0.15) is 5.75 Å². The van der Waals surface area contributed by atoms with E-state index < -0.39 is 0 Å². The minimum absolute atomic E-state index is 0.209. The molecule has 122 valence electrons. The predicted octanol–water partition coefficient (Wildman–Crippen LogP) is 1.26. The molecule has 2 fully saturated rings. The molecule has 0 spiro atoms. The van der Waals surface area contributed by atoms with Gasteiger partial charge in [-0.2, -0.15) is 4.98 Å². The Bertz CT molecular complexity index is 689. The van der Waals surface area contributed by atoms with E-state index in [1.807, 2.05) is 24.3 Å². The first-order valence-corrected chi connectivity index (χ1v) is 7.79. The molecule has 2 aliphatic heterocycles. The number of likely N-dealkylation sites (N-methyl/N-ethyl adjacent to an activating group) is 1. The van der Waals surface area contributed by atoms with Crippen LogP contribution in [-0.4, -0.2) is 67.6 Å². The molecule has 2 atom stereocenters. The normalized spacial score (nSPS) is 24.7. The number of hydrogen-bond donors (Lipinski definition) is 0. The highest BCUT2D eigenvalue weighted by atomic mass is 16.5. The van der Waals surface area contributed by atoms with Gasteiger partial charge in [-0.15, -0.1) is 0 Å². The number of anilines is 1. The summed E-state index contributed by atoms with van der Waals surface area (Å²) in [5.74, 6) is 1.35. The first-order valence-electron chi connectivity index (χ1n) is 7.79. The van der Waals surface area contributed by atoms with Crippen molar-refractivity contribution in [2.45, 2.75) is 12.1 Å². The first-order chi connectivity index (χ1) is 11.2. The molecule has 0 radical (unpaired) electrons. The zero-order valence-corrected chi connectivity index (χ0v) is 13.3. The van der Waals surface area contributed by atoms with E-state index in [-0.39, 0.29) is 6.10 Å². The van der Waals surface area contributed by atoms with Crippen molar-refractivity contribution in [3.05, 3.63) is 24.3 Å². The molecule has 3 heterocycles. The molecule has 0 amide bonds. The molecular formula is C16H20N4O3. The molecule has 0 saturated carbocycles. The van der Waals surface area contributed by atoms with E-state index in [0.717, 1.165) is 37.6 Å². The summed E-state index contributed by atoms with van der Waals surface area (Å²) in [7, 11) is 3.78. The summed E-state index contributed by atoms with van der Waals surface area (Å²) in [5.41, 5.74) is 0.879. The van der Waals surface area contributed by atoms with Crippen LogP contribution in [0.3, 0.4) is 0 Å². The number of ether oxygens (including phenoxy) is 2. The Morgan fingerprint density at radius 1 is 1.30 bits per heavy atom. The second-order valence-electron chi connectivity index (χ2n) is 5.99. The van der Waals surface area contributed by atoms with Gasteiger partial charge in [-0.05, 0) is 19.2 Å². The van der Waals surface area contributed by atoms with Gasteiger partial charge in [0.05, 0.1) is 32.4 Å². The van der Waals surface area contributed by atoms with Gasteiger partial charge in [-0.25, -0.2) is 0 Å². The summed E-state index contributed by atoms with van der Waals surface area (Å²) in [5, 5.41) is 4.11. The van der Waals surface area contributed by atoms with Crippen LogP contribution in [0, 0.1) is 0 Å². The van der Waals surface area contributed by atoms with Crippen molar-refractivity contribution in [2.75, 3.05) is 45.3 Å². The Labute approximate surface area is 134 Å². The molecule has 4 rings (SSSR count). The molecule has 2 unspecified atom stereocenters. The molecule has 1 aromatic heterocycles. The number of aromatic nitrogens is 2. The fraction of sp³-hybridized carbons (Fsp3) is 0.500. The Morgan fingerprint density at radius 2 is 2.22 bits per heavy atom. The molecule has 2 aliphatic rings. The van der Waals surface area contributed by atoms with Crippen molar-refractivity contribution < 1.29 is 14.0 Å². The molecular weight excluding hydrogens is 296 g/mol. The predicted molar refractivity (Wildman–Crippen MR) is 84.7 cm³/mol. The highest BCUT2D eigenvalue weighted by Gasteiger charge is 2.40. The van der Waals surface area contributed by atoms with E-state index in [0.29, 0.717) is 17.9 Å². The van der Waals surface area contributed by atoms with Crippen molar-refractivity contribution in [3.8, 4) is 17.1 Å². The monoisotopic (exact) mass is 316 g/mol. The van der Waals surface area contributed by atoms with Crippen LogP contribution in [-0.2, 0) is 4.74 Å². The number of nitrogens with zero attached hydrogens (tertiary/aromatic N) is 4. The van der Waals surface area contributed by atoms with Crippen molar-refractivity contribution in [3.63, 3.8) is 0 Å². The third kappa shape index (κ3) is 2.66. The van der Waals surface area contributed by atoms with Crippen LogP contribution in [0.5, 0.6) is 5.75 Å². The number of morpholine rings is 1. The second kappa shape index (κ2) is 5.82. The summed E-state index contributed by atoms with van der Waals surface area (Å²) >= 11 is 0. The average Bonchev–Trinajstić information content (AvgIpc) is 3.22. The van der Waals surface area contributed by atoms with Crippen LogP contribution in [0.4, 0.5) is 6.01 Å². The minimum atomic E-state index is 0.209. The van der Waals surface area contributed by atoms with Gasteiger partial charge in [-0.1, -0.05) is 17.3 Å². The highest BCUT2D eigenvalue weighted by Crippen LogP contribution is 2.28. The first kappa shape index (κ1) is 14.5. The van der Waals surface area contributed by atoms with Gasteiger partial charge in [0.15, 0.2) is 0 Å². The lowest BCUT2D eigenvalue weighted by Gasteiger charge is -2.33. The minimum Gasteiger partial charge on any atom is -0.497 e. The summed E-state index contributed by atoms with van der Waals surface area (Å²) in [4.78, 5) is 8.99. The van der Waals surface area contributed by atoms with Gasteiger partial charge < -0.3 is 18.9 Å². The highest BCUT2D eigenvalue weighted by molar-refractivity contribution is 5.58. The van der Waals surface area contributed by atoms with Crippen LogP contribution < -0.4 is 9.64 Å². The molecule has 2 saturated heterocycles. The van der Waals surface area contributed by atoms with Crippen molar-refractivity contribution in [1.29, 1.82) is 0 Å². The third-order valence-electron chi connectivity index (χ3n) is 4.59. The molecule has 7 nitrogen and oxygen atoms in total. The lowest BCUT2D eigenvalue weighted by atomic mass is 10.1. The largest absolute Gasteiger partial charge is 0.497 e. The Hall–Kier alpha value is -2.12. The van der Waals surface area contributed by atoms with Gasteiger partial charge in [0.25, 0.3) is 0 Å². The molecule has 2 aromatic rings. The third-order valence-corrected chi connectivity index (χ3v) is 4.59. The number of benzene rings is 1. The van der Waals surface area contributed by atoms with E-state index in [1.54, 1.807) is 7.11 Å². The molecule has 1 aromatic carbocycles. The fourth-order valence-corrected chi connectivity index (χ4v) is 3.24. The molecule has 23 heavy (non-hydrogen) atoms. The summed E-state index contributed by atoms with van der Waals surface area (Å²) < 4.78 is 16.6. The Kier molecular flexibility index (Phi) is 3.66. The smallest absolute Gasteiger partial charge is 0.324 e. The maximum absolute atomic E-state index is 5.86. The summed E-state index contributed by atoms with van der Waals surface area (Å²) in [6, 6.07) is 8.58. The fourth-order valence-electron chi connectivity index (χ4n) is 3.24. The van der Waals surface area contributed by atoms with Crippen molar-refractivity contribution >= 4 is 6.01 Å². The van der Waals surface area contributed by atoms with E-state index in [2.05, 4.69) is 27.0 Å². The lowest BCUT2D eigenvalue weighted by molar-refractivity contribution is -0.0362. The van der Waals surface area contributed by atoms with Gasteiger partial charge in [-0.3, -0.25) is 4.90 Å². The Morgan fingerprint density at radius 3 is 3.04 bits per heavy atom. The van der Waals surface area contributed by atoms with Crippen LogP contribution in [0.1, 0.15) is 0 Å². The SMILES string of the molecule is COc1cccc(-c2noc(N3CC4OCCN(C)C4C3)n2)c1. The molecule has 0 bridgehead atoms. The number of hydrogen-bond acceptors (Lipinski definition) is 7. The standard InChI is InChI=1S/C16H20N4O3/c1-19-6-7-22-14-10-20(9-13(14)19)16-17-15(18-23-16)11-4-3-5-12(8-11)21-2/h3-5,8,13-14H,6-7,9-10H2,1-2H3. The molecule has 0 N–H and O–H groups in total. The van der Waals surface area contributed by atoms with Gasteiger partial charge >= 0.3 is 6.01 Å². The quantitative estimate of drug-likeness (QED) is 0.845. The van der Waals surface area contributed by atoms with Crippen molar-refractivity contribution in [2.24, 2.45) is 0 Å². The van der Waals surface area contributed by atoms with Crippen LogP contribution >= 0.6 is 0 Å². The van der Waals surface area contributed by atoms with Gasteiger partial charge in [0, 0.05) is 18.7 Å². The number of methoxy groups -OCH3 is 1. The van der Waals surface area contributed by atoms with E-state index in [9.17, 15) is 0 Å². The number of fused-ring (bicyclic) bond motifs is 1. The maximum atomic E-state index is 5.86. The van der Waals surface area contributed by atoms with E-state index >= 15 is 0 Å². The van der Waals surface area contributed by atoms with E-state index in [1.165, 1.54) is 0 Å². The van der Waals surface area contributed by atoms with E-state index in [4.69, 9.17) is 14.0 Å². The second-order valence-corrected chi connectivity index (χ2v) is 5.99. The van der Waals surface area contributed by atoms with Crippen molar-refractivity contribution in [1.82, 2.24) is 15.0 Å². The molecule has 7 heteroatoms. The summed E-state index contributed by atoms with van der Waals surface area (Å²) in [6.45, 7) is 3.38. The van der Waals surface area contributed by atoms with Crippen LogP contribution in [0.2, 0.25) is 0 Å². The van der Waals surface area contributed by atoms with Crippen LogP contribution in [0.25, 0.3) is 11.4 Å². The number of rotatable bonds is 3.